The molecule has 0 aliphatic heterocycles. The summed E-state index contributed by atoms with van der Waals surface area (Å²) in [5, 5.41) is 0. The summed E-state index contributed by atoms with van der Waals surface area (Å²) in [4.78, 5) is 0. The summed E-state index contributed by atoms with van der Waals surface area (Å²) >= 11 is 0. The summed E-state index contributed by atoms with van der Waals surface area (Å²) in [6, 6.07) is 65.3. The summed E-state index contributed by atoms with van der Waals surface area (Å²) in [5.74, 6) is 8.23. The van der Waals surface area contributed by atoms with Crippen LogP contribution in [0.1, 0.15) is 0 Å². The van der Waals surface area contributed by atoms with E-state index in [0.29, 0.717) is 51.7 Å². The second-order valence-corrected chi connectivity index (χ2v) is 12.2. The quantitative estimate of drug-likeness (QED) is 0.119. The lowest BCUT2D eigenvalue weighted by Gasteiger charge is -2.14. The lowest BCUT2D eigenvalue weighted by Crippen LogP contribution is -1.91. The van der Waals surface area contributed by atoms with Crippen LogP contribution in [0.15, 0.2) is 206 Å². The number of hydrogen-bond donors (Lipinski definition) is 0. The van der Waals surface area contributed by atoms with Crippen molar-refractivity contribution in [1.29, 1.82) is 0 Å². The van der Waals surface area contributed by atoms with Crippen molar-refractivity contribution < 1.29 is 28.4 Å². The van der Waals surface area contributed by atoms with Gasteiger partial charge in [-0.3, -0.25) is 0 Å². The molecule has 0 aromatic heterocycles. The van der Waals surface area contributed by atoms with E-state index < -0.39 is 0 Å². The third kappa shape index (κ3) is 8.88. The van der Waals surface area contributed by atoms with Gasteiger partial charge < -0.3 is 28.4 Å². The largest absolute Gasteiger partial charge is 0.457 e. The molecule has 0 fully saturated rings. The van der Waals surface area contributed by atoms with Crippen molar-refractivity contribution in [2.75, 3.05) is 0 Å². The van der Waals surface area contributed by atoms with E-state index in [1.54, 1.807) is 0 Å². The van der Waals surface area contributed by atoms with E-state index in [2.05, 4.69) is 0 Å². The summed E-state index contributed by atoms with van der Waals surface area (Å²) in [5.41, 5.74) is 1.86. The smallest absolute Gasteiger partial charge is 0.135 e. The van der Waals surface area contributed by atoms with Crippen LogP contribution in [0, 0.1) is 0 Å². The maximum Gasteiger partial charge on any atom is 0.135 e. The molecule has 0 saturated heterocycles. The highest BCUT2D eigenvalue weighted by Gasteiger charge is 2.11. The molecular formula is C48H34O6. The van der Waals surface area contributed by atoms with Crippen LogP contribution in [0.4, 0.5) is 0 Å². The minimum Gasteiger partial charge on any atom is -0.457 e. The van der Waals surface area contributed by atoms with Crippen molar-refractivity contribution in [3.05, 3.63) is 206 Å². The first kappa shape index (κ1) is 33.7. The van der Waals surface area contributed by atoms with Crippen molar-refractivity contribution in [3.63, 3.8) is 0 Å². The molecule has 0 atom stereocenters. The molecular weight excluding hydrogens is 673 g/mol. The highest BCUT2D eigenvalue weighted by molar-refractivity contribution is 5.72. The molecule has 0 amide bonds. The van der Waals surface area contributed by atoms with Gasteiger partial charge in [-0.15, -0.1) is 0 Å². The normalized spacial score (nSPS) is 10.6. The van der Waals surface area contributed by atoms with Gasteiger partial charge in [-0.25, -0.2) is 0 Å². The minimum absolute atomic E-state index is 0.638. The summed E-state index contributed by atoms with van der Waals surface area (Å²) in [6.07, 6.45) is 0. The molecule has 6 nitrogen and oxygen atoms in total. The molecule has 0 radical (unpaired) electrons. The molecule has 8 rings (SSSR count). The van der Waals surface area contributed by atoms with Gasteiger partial charge in [-0.2, -0.15) is 0 Å². The predicted molar refractivity (Wildman–Crippen MR) is 211 cm³/mol. The van der Waals surface area contributed by atoms with E-state index in [4.69, 9.17) is 28.4 Å². The standard InChI is InChI=1S/C48H34O6/c1-3-14-36(15-4-1)49-38-27-29-39(30-28-38)51-42-20-12-24-46(34-42)54-48-26-8-7-25-47(48)35-13-9-18-40(31-35)52-43-21-11-23-45(33-43)53-44-22-10-19-41(32-44)50-37-16-5-2-6-17-37/h1-34H. The van der Waals surface area contributed by atoms with Gasteiger partial charge in [0.15, 0.2) is 0 Å². The fourth-order valence-corrected chi connectivity index (χ4v) is 5.69. The van der Waals surface area contributed by atoms with E-state index in [-0.39, 0.29) is 0 Å². The van der Waals surface area contributed by atoms with Gasteiger partial charge in [-0.05, 0) is 109 Å². The first-order valence-electron chi connectivity index (χ1n) is 17.5. The molecule has 0 N–H and O–H groups in total. The highest BCUT2D eigenvalue weighted by Crippen LogP contribution is 2.38. The SMILES string of the molecule is c1ccc(Oc2ccc(Oc3cccc(Oc4ccccc4-c4cccc(Oc5cccc(Oc6cccc(Oc7ccccc7)c6)c5)c4)c3)cc2)cc1. The zero-order valence-electron chi connectivity index (χ0n) is 29.1. The predicted octanol–water partition coefficient (Wildman–Crippen LogP) is 14.1. The van der Waals surface area contributed by atoms with E-state index >= 15 is 0 Å². The van der Waals surface area contributed by atoms with E-state index in [0.717, 1.165) is 28.4 Å². The molecule has 54 heavy (non-hydrogen) atoms. The molecule has 262 valence electrons. The Kier molecular flexibility index (Phi) is 10.2. The summed E-state index contributed by atoms with van der Waals surface area (Å²) in [6.45, 7) is 0. The number of hydrogen-bond acceptors (Lipinski definition) is 6. The topological polar surface area (TPSA) is 55.4 Å². The second-order valence-electron chi connectivity index (χ2n) is 12.2. The number of benzene rings is 8. The molecule has 0 bridgehead atoms. The van der Waals surface area contributed by atoms with Crippen molar-refractivity contribution in [3.8, 4) is 80.1 Å². The molecule has 8 aromatic carbocycles. The Morgan fingerprint density at radius 1 is 0.204 bits per heavy atom. The summed E-state index contributed by atoms with van der Waals surface area (Å²) < 4.78 is 37.0. The first-order valence-corrected chi connectivity index (χ1v) is 17.5. The molecule has 0 spiro atoms. The monoisotopic (exact) mass is 706 g/mol. The average molecular weight is 707 g/mol. The van der Waals surface area contributed by atoms with Gasteiger partial charge in [0.25, 0.3) is 0 Å². The van der Waals surface area contributed by atoms with Crippen LogP contribution in [0.5, 0.6) is 69.0 Å². The molecule has 0 unspecified atom stereocenters. The average Bonchev–Trinajstić information content (AvgIpc) is 3.20. The molecule has 0 saturated carbocycles. The van der Waals surface area contributed by atoms with Gasteiger partial charge in [0.2, 0.25) is 0 Å². The number of para-hydroxylation sites is 3. The first-order chi connectivity index (χ1) is 26.7. The fourth-order valence-electron chi connectivity index (χ4n) is 5.69. The Bertz CT molecular complexity index is 2450. The lowest BCUT2D eigenvalue weighted by molar-refractivity contribution is 0.451. The van der Waals surface area contributed by atoms with Crippen molar-refractivity contribution in [2.45, 2.75) is 0 Å². The van der Waals surface area contributed by atoms with E-state index in [9.17, 15) is 0 Å². The van der Waals surface area contributed by atoms with Crippen LogP contribution in [0.25, 0.3) is 11.1 Å². The van der Waals surface area contributed by atoms with Gasteiger partial charge in [0.05, 0.1) is 0 Å². The van der Waals surface area contributed by atoms with Gasteiger partial charge in [0, 0.05) is 23.8 Å². The highest BCUT2D eigenvalue weighted by atomic mass is 16.5. The van der Waals surface area contributed by atoms with E-state index in [1.165, 1.54) is 0 Å². The molecule has 8 aromatic rings. The second kappa shape index (κ2) is 16.3. The zero-order valence-corrected chi connectivity index (χ0v) is 29.1. The number of rotatable bonds is 13. The van der Waals surface area contributed by atoms with Gasteiger partial charge in [0.1, 0.15) is 69.0 Å². The third-order valence-corrected chi connectivity index (χ3v) is 8.17. The Morgan fingerprint density at radius 2 is 0.519 bits per heavy atom. The number of ether oxygens (including phenoxy) is 6. The zero-order chi connectivity index (χ0) is 36.4. The van der Waals surface area contributed by atoms with Crippen LogP contribution in [0.3, 0.4) is 0 Å². The van der Waals surface area contributed by atoms with Crippen molar-refractivity contribution in [2.24, 2.45) is 0 Å². The van der Waals surface area contributed by atoms with Crippen LogP contribution in [-0.2, 0) is 0 Å². The molecule has 6 heteroatoms. The van der Waals surface area contributed by atoms with Crippen molar-refractivity contribution in [1.82, 2.24) is 0 Å². The van der Waals surface area contributed by atoms with Crippen LogP contribution in [-0.4, -0.2) is 0 Å². The van der Waals surface area contributed by atoms with Crippen molar-refractivity contribution >= 4 is 0 Å². The molecule has 0 aliphatic carbocycles. The maximum absolute atomic E-state index is 6.43. The van der Waals surface area contributed by atoms with Crippen LogP contribution >= 0.6 is 0 Å². The minimum atomic E-state index is 0.638. The Balaban J connectivity index is 0.929. The Morgan fingerprint density at radius 3 is 1.00 bits per heavy atom. The van der Waals surface area contributed by atoms with Gasteiger partial charge >= 0.3 is 0 Å². The maximum atomic E-state index is 6.43. The summed E-state index contributed by atoms with van der Waals surface area (Å²) in [7, 11) is 0. The van der Waals surface area contributed by atoms with Gasteiger partial charge in [-0.1, -0.05) is 84.9 Å². The Hall–Kier alpha value is -7.44. The fraction of sp³-hybridized carbons (Fsp3) is 0. The van der Waals surface area contributed by atoms with E-state index in [1.807, 2.05) is 206 Å². The third-order valence-electron chi connectivity index (χ3n) is 8.17. The Labute approximate surface area is 314 Å². The van der Waals surface area contributed by atoms with Crippen LogP contribution in [0.2, 0.25) is 0 Å². The molecule has 0 heterocycles. The van der Waals surface area contributed by atoms with Crippen LogP contribution < -0.4 is 28.4 Å². The lowest BCUT2D eigenvalue weighted by atomic mass is 10.0. The molecule has 0 aliphatic rings.